The molecule has 1 N–H and O–H groups in total. The third-order valence-electron chi connectivity index (χ3n) is 2.65. The summed E-state index contributed by atoms with van der Waals surface area (Å²) < 4.78 is 10.2. The largest absolute Gasteiger partial charge is 0.491 e. The summed E-state index contributed by atoms with van der Waals surface area (Å²) in [6.07, 6.45) is 1.61. The van der Waals surface area contributed by atoms with E-state index < -0.39 is 0 Å². The van der Waals surface area contributed by atoms with Gasteiger partial charge in [0.2, 0.25) is 5.43 Å². The molecule has 1 saturated heterocycles. The molecule has 0 amide bonds. The maximum Gasteiger partial charge on any atom is 0.223 e. The number of hydrogen-bond acceptors (Lipinski definition) is 4. The second-order valence-electron chi connectivity index (χ2n) is 3.78. The molecule has 16 heavy (non-hydrogen) atoms. The number of rotatable bonds is 3. The minimum absolute atomic E-state index is 0.0792. The molecule has 1 aromatic heterocycles. The minimum atomic E-state index is -0.0792. The van der Waals surface area contributed by atoms with Crippen LogP contribution in [-0.4, -0.2) is 43.3 Å². The fourth-order valence-corrected chi connectivity index (χ4v) is 1.75. The molecule has 0 spiro atoms. The maximum absolute atomic E-state index is 11.5. The van der Waals surface area contributed by atoms with Crippen LogP contribution in [0.2, 0.25) is 0 Å². The summed E-state index contributed by atoms with van der Waals surface area (Å²) in [5.41, 5.74) is 0.831. The molecule has 2 heterocycles. The Morgan fingerprint density at radius 2 is 2.25 bits per heavy atom. The van der Waals surface area contributed by atoms with Crippen LogP contribution in [0.4, 0.5) is 0 Å². The first-order chi connectivity index (χ1) is 7.79. The average Bonchev–Trinajstić information content (AvgIpc) is 2.31. The number of pyridine rings is 1. The Labute approximate surface area is 94.0 Å². The molecular formula is C11H16N2O3. The summed E-state index contributed by atoms with van der Waals surface area (Å²) in [5, 5.41) is 0. The van der Waals surface area contributed by atoms with Crippen molar-refractivity contribution in [2.75, 3.05) is 33.4 Å². The van der Waals surface area contributed by atoms with Gasteiger partial charge in [0.05, 0.1) is 20.3 Å². The van der Waals surface area contributed by atoms with Crippen LogP contribution >= 0.6 is 0 Å². The zero-order valence-electron chi connectivity index (χ0n) is 9.36. The number of aromatic amines is 1. The molecule has 5 heteroatoms. The first-order valence-corrected chi connectivity index (χ1v) is 5.35. The van der Waals surface area contributed by atoms with Crippen molar-refractivity contribution in [3.8, 4) is 5.75 Å². The fraction of sp³-hybridized carbons (Fsp3) is 0.545. The van der Waals surface area contributed by atoms with Crippen LogP contribution in [-0.2, 0) is 11.3 Å². The lowest BCUT2D eigenvalue weighted by Crippen LogP contribution is -2.36. The summed E-state index contributed by atoms with van der Waals surface area (Å²) in [6.45, 7) is 4.10. The van der Waals surface area contributed by atoms with Crippen molar-refractivity contribution in [3.05, 3.63) is 28.2 Å². The number of ether oxygens (including phenoxy) is 2. The Bertz CT molecular complexity index is 396. The Morgan fingerprint density at radius 3 is 2.88 bits per heavy atom. The molecule has 0 atom stereocenters. The van der Waals surface area contributed by atoms with Gasteiger partial charge in [0.15, 0.2) is 5.75 Å². The highest BCUT2D eigenvalue weighted by Crippen LogP contribution is 2.05. The van der Waals surface area contributed by atoms with Gasteiger partial charge >= 0.3 is 0 Å². The number of hydrogen-bond donors (Lipinski definition) is 1. The molecule has 1 aromatic rings. The highest BCUT2D eigenvalue weighted by Gasteiger charge is 2.11. The standard InChI is InChI=1S/C11H16N2O3/c1-15-11-7-12-9(6-10(11)14)8-13-2-4-16-5-3-13/h6-7H,2-5,8H2,1H3,(H,12,14). The molecule has 1 aliphatic rings. The number of H-pyrrole nitrogens is 1. The van der Waals surface area contributed by atoms with Gasteiger partial charge in [-0.3, -0.25) is 9.69 Å². The molecule has 2 rings (SSSR count). The van der Waals surface area contributed by atoms with Crippen LogP contribution < -0.4 is 10.2 Å². The monoisotopic (exact) mass is 224 g/mol. The van der Waals surface area contributed by atoms with E-state index in [1.165, 1.54) is 7.11 Å². The smallest absolute Gasteiger partial charge is 0.223 e. The highest BCUT2D eigenvalue weighted by molar-refractivity contribution is 5.20. The second-order valence-corrected chi connectivity index (χ2v) is 3.78. The lowest BCUT2D eigenvalue weighted by Gasteiger charge is -2.26. The number of nitrogens with zero attached hydrogens (tertiary/aromatic N) is 1. The van der Waals surface area contributed by atoms with Crippen LogP contribution in [0.5, 0.6) is 5.75 Å². The Hall–Kier alpha value is -1.33. The van der Waals surface area contributed by atoms with Gasteiger partial charge in [-0.1, -0.05) is 0 Å². The van der Waals surface area contributed by atoms with E-state index in [0.29, 0.717) is 5.75 Å². The molecule has 88 valence electrons. The predicted molar refractivity (Wildman–Crippen MR) is 59.7 cm³/mol. The number of methoxy groups -OCH3 is 1. The molecule has 1 fully saturated rings. The van der Waals surface area contributed by atoms with E-state index in [1.54, 1.807) is 12.3 Å². The summed E-state index contributed by atoms with van der Waals surface area (Å²) >= 11 is 0. The Balaban J connectivity index is 2.04. The molecule has 0 aromatic carbocycles. The Kier molecular flexibility index (Phi) is 3.58. The molecule has 0 bridgehead atoms. The van der Waals surface area contributed by atoms with Gasteiger partial charge in [0.1, 0.15) is 0 Å². The molecule has 1 aliphatic heterocycles. The van der Waals surface area contributed by atoms with Crippen LogP contribution in [0.3, 0.4) is 0 Å². The summed E-state index contributed by atoms with van der Waals surface area (Å²) in [5.74, 6) is 0.353. The zero-order chi connectivity index (χ0) is 11.4. The van der Waals surface area contributed by atoms with Gasteiger partial charge in [-0.2, -0.15) is 0 Å². The molecule has 5 nitrogen and oxygen atoms in total. The zero-order valence-corrected chi connectivity index (χ0v) is 9.36. The van der Waals surface area contributed by atoms with Gasteiger partial charge in [-0.05, 0) is 0 Å². The fourth-order valence-electron chi connectivity index (χ4n) is 1.75. The topological polar surface area (TPSA) is 54.6 Å². The van der Waals surface area contributed by atoms with Gasteiger partial charge in [-0.25, -0.2) is 0 Å². The van der Waals surface area contributed by atoms with E-state index in [1.807, 2.05) is 0 Å². The van der Waals surface area contributed by atoms with Crippen LogP contribution in [0.15, 0.2) is 17.1 Å². The van der Waals surface area contributed by atoms with Crippen molar-refractivity contribution >= 4 is 0 Å². The molecule has 0 unspecified atom stereocenters. The Morgan fingerprint density at radius 1 is 1.50 bits per heavy atom. The van der Waals surface area contributed by atoms with Gasteiger partial charge in [0.25, 0.3) is 0 Å². The van der Waals surface area contributed by atoms with Crippen LogP contribution in [0.25, 0.3) is 0 Å². The average molecular weight is 224 g/mol. The van der Waals surface area contributed by atoms with Crippen molar-refractivity contribution < 1.29 is 9.47 Å². The van der Waals surface area contributed by atoms with E-state index >= 15 is 0 Å². The summed E-state index contributed by atoms with van der Waals surface area (Å²) in [4.78, 5) is 16.8. The van der Waals surface area contributed by atoms with Crippen molar-refractivity contribution in [1.29, 1.82) is 0 Å². The SMILES string of the molecule is COc1c[nH]c(CN2CCOCC2)cc1=O. The van der Waals surface area contributed by atoms with E-state index in [-0.39, 0.29) is 5.43 Å². The van der Waals surface area contributed by atoms with Crippen LogP contribution in [0.1, 0.15) is 5.69 Å². The van der Waals surface area contributed by atoms with Crippen LogP contribution in [0, 0.1) is 0 Å². The minimum Gasteiger partial charge on any atom is -0.491 e. The summed E-state index contributed by atoms with van der Waals surface area (Å²) in [7, 11) is 1.49. The van der Waals surface area contributed by atoms with Crippen molar-refractivity contribution in [1.82, 2.24) is 9.88 Å². The van der Waals surface area contributed by atoms with Crippen molar-refractivity contribution in [3.63, 3.8) is 0 Å². The predicted octanol–water partition coefficient (Wildman–Crippen LogP) is 0.216. The number of nitrogens with one attached hydrogen (secondary N) is 1. The number of aromatic nitrogens is 1. The lowest BCUT2D eigenvalue weighted by atomic mass is 10.3. The first-order valence-electron chi connectivity index (χ1n) is 5.35. The molecule has 0 aliphatic carbocycles. The van der Waals surface area contributed by atoms with Crippen molar-refractivity contribution in [2.45, 2.75) is 6.54 Å². The molecule has 0 saturated carbocycles. The van der Waals surface area contributed by atoms with E-state index in [9.17, 15) is 4.79 Å². The van der Waals surface area contributed by atoms with Gasteiger partial charge in [0, 0.05) is 37.6 Å². The van der Waals surface area contributed by atoms with Gasteiger partial charge < -0.3 is 14.5 Å². The van der Waals surface area contributed by atoms with E-state index in [4.69, 9.17) is 9.47 Å². The lowest BCUT2D eigenvalue weighted by molar-refractivity contribution is 0.0336. The van der Waals surface area contributed by atoms with Crippen molar-refractivity contribution in [2.24, 2.45) is 0 Å². The molecule has 0 radical (unpaired) electrons. The maximum atomic E-state index is 11.5. The number of morpholine rings is 1. The third kappa shape index (κ3) is 2.62. The highest BCUT2D eigenvalue weighted by atomic mass is 16.5. The van der Waals surface area contributed by atoms with E-state index in [0.717, 1.165) is 38.5 Å². The normalized spacial score (nSPS) is 17.3. The van der Waals surface area contributed by atoms with Gasteiger partial charge in [-0.15, -0.1) is 0 Å². The first kappa shape index (κ1) is 11.2. The van der Waals surface area contributed by atoms with E-state index in [2.05, 4.69) is 9.88 Å². The molecular weight excluding hydrogens is 208 g/mol. The quantitative estimate of drug-likeness (QED) is 0.797. The summed E-state index contributed by atoms with van der Waals surface area (Å²) in [6, 6.07) is 1.59. The third-order valence-corrected chi connectivity index (χ3v) is 2.65. The second kappa shape index (κ2) is 5.14.